The van der Waals surface area contributed by atoms with Crippen LogP contribution in [0.15, 0.2) is 0 Å². The topological polar surface area (TPSA) is 37.3 Å². The molecule has 3 heteroatoms. The zero-order valence-electron chi connectivity index (χ0n) is 5.13. The van der Waals surface area contributed by atoms with Crippen molar-refractivity contribution in [2.24, 2.45) is 0 Å². The smallest absolute Gasteiger partial charge is 0.316 e. The SMILES string of the molecule is C#CCSC(C)C(=O)O. The third-order valence-electron chi connectivity index (χ3n) is 0.764. The van der Waals surface area contributed by atoms with Crippen LogP contribution >= 0.6 is 11.8 Å². The van der Waals surface area contributed by atoms with E-state index in [2.05, 4.69) is 5.92 Å². The minimum Gasteiger partial charge on any atom is -0.480 e. The summed E-state index contributed by atoms with van der Waals surface area (Å²) in [6.45, 7) is 1.62. The van der Waals surface area contributed by atoms with Gasteiger partial charge in [0, 0.05) is 0 Å². The maximum absolute atomic E-state index is 10.1. The van der Waals surface area contributed by atoms with Crippen LogP contribution in [-0.2, 0) is 4.79 Å². The van der Waals surface area contributed by atoms with Gasteiger partial charge in [-0.15, -0.1) is 18.2 Å². The van der Waals surface area contributed by atoms with Crippen LogP contribution in [0.1, 0.15) is 6.92 Å². The van der Waals surface area contributed by atoms with Crippen LogP contribution in [0.4, 0.5) is 0 Å². The number of terminal acetylenes is 1. The Morgan fingerprint density at radius 3 is 2.89 bits per heavy atom. The number of carboxylic acids is 1. The Bertz CT molecular complexity index is 136. The highest BCUT2D eigenvalue weighted by molar-refractivity contribution is 8.00. The molecule has 1 atom stereocenters. The van der Waals surface area contributed by atoms with E-state index in [0.717, 1.165) is 0 Å². The van der Waals surface area contributed by atoms with Gasteiger partial charge in [0.2, 0.25) is 0 Å². The molecule has 0 amide bonds. The first-order valence-electron chi connectivity index (χ1n) is 2.46. The predicted molar refractivity (Wildman–Crippen MR) is 38.4 cm³/mol. The van der Waals surface area contributed by atoms with Gasteiger partial charge in [0.05, 0.1) is 5.75 Å². The van der Waals surface area contributed by atoms with Crippen molar-refractivity contribution in [3.05, 3.63) is 0 Å². The molecule has 0 radical (unpaired) electrons. The summed E-state index contributed by atoms with van der Waals surface area (Å²) in [6, 6.07) is 0. The molecule has 9 heavy (non-hydrogen) atoms. The van der Waals surface area contributed by atoms with E-state index in [1.54, 1.807) is 6.92 Å². The van der Waals surface area contributed by atoms with Crippen molar-refractivity contribution in [3.8, 4) is 12.3 Å². The first kappa shape index (κ1) is 8.38. The standard InChI is InChI=1S/C6H8O2S/c1-3-4-9-5(2)6(7)8/h1,5H,4H2,2H3,(H,7,8). The molecule has 0 aliphatic carbocycles. The largest absolute Gasteiger partial charge is 0.480 e. The van der Waals surface area contributed by atoms with E-state index < -0.39 is 5.97 Å². The Morgan fingerprint density at radius 1 is 2.00 bits per heavy atom. The maximum Gasteiger partial charge on any atom is 0.316 e. The summed E-state index contributed by atoms with van der Waals surface area (Å²) in [5.41, 5.74) is 0. The predicted octanol–water partition coefficient (Wildman–Crippen LogP) is 0.826. The van der Waals surface area contributed by atoms with Gasteiger partial charge in [-0.1, -0.05) is 5.92 Å². The molecular formula is C6H8O2S. The van der Waals surface area contributed by atoms with Gasteiger partial charge in [-0.3, -0.25) is 4.79 Å². The van der Waals surface area contributed by atoms with Crippen LogP contribution < -0.4 is 0 Å². The van der Waals surface area contributed by atoms with Crippen LogP contribution in [0.5, 0.6) is 0 Å². The van der Waals surface area contributed by atoms with Gasteiger partial charge in [0.25, 0.3) is 0 Å². The van der Waals surface area contributed by atoms with Crippen LogP contribution in [0.25, 0.3) is 0 Å². The second-order valence-corrected chi connectivity index (χ2v) is 2.82. The number of hydrogen-bond acceptors (Lipinski definition) is 2. The lowest BCUT2D eigenvalue weighted by atomic mass is 10.5. The Labute approximate surface area is 58.6 Å². The van der Waals surface area contributed by atoms with Gasteiger partial charge in [0.1, 0.15) is 5.25 Å². The third-order valence-corrected chi connectivity index (χ3v) is 1.80. The fraction of sp³-hybridized carbons (Fsp3) is 0.500. The minimum atomic E-state index is -0.810. The zero-order chi connectivity index (χ0) is 7.28. The second-order valence-electron chi connectivity index (χ2n) is 1.50. The highest BCUT2D eigenvalue weighted by Crippen LogP contribution is 2.08. The molecule has 0 heterocycles. The summed E-state index contributed by atoms with van der Waals surface area (Å²) in [7, 11) is 0. The maximum atomic E-state index is 10.1. The fourth-order valence-corrected chi connectivity index (χ4v) is 0.733. The van der Waals surface area contributed by atoms with Crippen LogP contribution in [0, 0.1) is 12.3 Å². The summed E-state index contributed by atoms with van der Waals surface area (Å²) in [5.74, 6) is 2.01. The van der Waals surface area contributed by atoms with E-state index in [9.17, 15) is 4.79 Å². The van der Waals surface area contributed by atoms with Gasteiger partial charge < -0.3 is 5.11 Å². The summed E-state index contributed by atoms with van der Waals surface area (Å²) >= 11 is 1.25. The third kappa shape index (κ3) is 3.92. The molecule has 1 N–H and O–H groups in total. The van der Waals surface area contributed by atoms with Gasteiger partial charge in [-0.05, 0) is 6.92 Å². The summed E-state index contributed by atoms with van der Waals surface area (Å²) in [4.78, 5) is 10.1. The number of thioether (sulfide) groups is 1. The highest BCUT2D eigenvalue weighted by atomic mass is 32.2. The summed E-state index contributed by atoms with van der Waals surface area (Å²) in [5, 5.41) is 7.93. The van der Waals surface area contributed by atoms with E-state index in [0.29, 0.717) is 5.75 Å². The Balaban J connectivity index is 3.41. The average molecular weight is 144 g/mol. The number of hydrogen-bond donors (Lipinski definition) is 1. The molecule has 0 fully saturated rings. The molecule has 2 nitrogen and oxygen atoms in total. The molecule has 50 valence electrons. The van der Waals surface area contributed by atoms with Crippen molar-refractivity contribution >= 4 is 17.7 Å². The van der Waals surface area contributed by atoms with Crippen molar-refractivity contribution in [2.75, 3.05) is 5.75 Å². The molecule has 0 rings (SSSR count). The van der Waals surface area contributed by atoms with E-state index in [1.165, 1.54) is 11.8 Å². The van der Waals surface area contributed by atoms with Crippen molar-refractivity contribution in [1.29, 1.82) is 0 Å². The first-order valence-corrected chi connectivity index (χ1v) is 3.51. The summed E-state index contributed by atoms with van der Waals surface area (Å²) < 4.78 is 0. The van der Waals surface area contributed by atoms with Crippen LogP contribution in [0.2, 0.25) is 0 Å². The molecule has 0 spiro atoms. The van der Waals surface area contributed by atoms with Crippen molar-refractivity contribution < 1.29 is 9.90 Å². The molecular weight excluding hydrogens is 136 g/mol. The fourth-order valence-electron chi connectivity index (χ4n) is 0.244. The number of carboxylic acid groups (broad SMARTS) is 1. The minimum absolute atomic E-state index is 0.388. The molecule has 0 aromatic rings. The molecule has 1 unspecified atom stereocenters. The van der Waals surface area contributed by atoms with E-state index in [1.807, 2.05) is 0 Å². The van der Waals surface area contributed by atoms with E-state index >= 15 is 0 Å². The first-order chi connectivity index (χ1) is 4.18. The average Bonchev–Trinajstić information content (AvgIpc) is 1.82. The monoisotopic (exact) mass is 144 g/mol. The molecule has 0 aliphatic heterocycles. The lowest BCUT2D eigenvalue weighted by molar-refractivity contribution is -0.136. The zero-order valence-corrected chi connectivity index (χ0v) is 5.94. The highest BCUT2D eigenvalue weighted by Gasteiger charge is 2.08. The summed E-state index contributed by atoms with van der Waals surface area (Å²) in [6.07, 6.45) is 4.91. The van der Waals surface area contributed by atoms with Crippen LogP contribution in [-0.4, -0.2) is 22.1 Å². The Morgan fingerprint density at radius 2 is 2.56 bits per heavy atom. The molecule has 0 aliphatic rings. The van der Waals surface area contributed by atoms with Gasteiger partial charge in [-0.25, -0.2) is 0 Å². The molecule has 0 saturated heterocycles. The molecule has 0 aromatic carbocycles. The number of carbonyl (C=O) groups is 1. The second kappa shape index (κ2) is 4.28. The normalized spacial score (nSPS) is 12.0. The van der Waals surface area contributed by atoms with E-state index in [4.69, 9.17) is 11.5 Å². The lowest BCUT2D eigenvalue weighted by Crippen LogP contribution is -2.11. The molecule has 0 aromatic heterocycles. The molecule has 0 bridgehead atoms. The Kier molecular flexibility index (Phi) is 3.98. The van der Waals surface area contributed by atoms with E-state index in [-0.39, 0.29) is 5.25 Å². The number of rotatable bonds is 3. The van der Waals surface area contributed by atoms with Crippen molar-refractivity contribution in [3.63, 3.8) is 0 Å². The van der Waals surface area contributed by atoms with Gasteiger partial charge in [-0.2, -0.15) is 0 Å². The quantitative estimate of drug-likeness (QED) is 0.596. The van der Waals surface area contributed by atoms with Gasteiger partial charge in [0.15, 0.2) is 0 Å². The van der Waals surface area contributed by atoms with Crippen molar-refractivity contribution in [1.82, 2.24) is 0 Å². The molecule has 0 saturated carbocycles. The van der Waals surface area contributed by atoms with Gasteiger partial charge >= 0.3 is 5.97 Å². The van der Waals surface area contributed by atoms with Crippen molar-refractivity contribution in [2.45, 2.75) is 12.2 Å². The lowest BCUT2D eigenvalue weighted by Gasteiger charge is -1.99. The van der Waals surface area contributed by atoms with Crippen LogP contribution in [0.3, 0.4) is 0 Å². The number of aliphatic carboxylic acids is 1. The Hall–Kier alpha value is -0.620.